The van der Waals surface area contributed by atoms with Gasteiger partial charge in [-0.3, -0.25) is 9.59 Å². The number of Topliss-reactive ketones (excluding diaryl/α,β-unsaturated/α-hetero) is 1. The number of hydrogen-bond acceptors (Lipinski definition) is 12. The normalized spacial score (nSPS) is 13.6. The Hall–Kier alpha value is -4.68. The van der Waals surface area contributed by atoms with E-state index in [4.69, 9.17) is 30.2 Å². The van der Waals surface area contributed by atoms with Crippen molar-refractivity contribution in [3.05, 3.63) is 24.3 Å². The Morgan fingerprint density at radius 2 is 1.02 bits per heavy atom. The first-order chi connectivity index (χ1) is 25.2. The van der Waals surface area contributed by atoms with Crippen LogP contribution in [-0.2, 0) is 42.9 Å². The number of alkyl carbamates (subject to hydrolysis) is 2. The summed E-state index contributed by atoms with van der Waals surface area (Å²) in [6.45, 7) is 21.7. The van der Waals surface area contributed by atoms with Crippen molar-refractivity contribution in [1.82, 2.24) is 10.6 Å². The maximum absolute atomic E-state index is 12.3. The molecular weight excluding hydrogens is 751 g/mol. The average Bonchev–Trinajstić information content (AvgIpc) is 3.00. The number of allylic oxidation sites excluding steroid dienone is 1. The zero-order chi connectivity index (χ0) is 45.2. The topological polar surface area (TPSA) is 247 Å². The van der Waals surface area contributed by atoms with E-state index in [1.165, 1.54) is 33.3 Å². The second-order valence-corrected chi connectivity index (χ2v) is 15.0. The van der Waals surface area contributed by atoms with E-state index in [9.17, 15) is 41.9 Å². The van der Waals surface area contributed by atoms with Gasteiger partial charge in [0.15, 0.2) is 5.78 Å². The molecular formula is C37H64F3N3O13. The van der Waals surface area contributed by atoms with Gasteiger partial charge in [0.25, 0.3) is 0 Å². The first-order valence-corrected chi connectivity index (χ1v) is 17.5. The van der Waals surface area contributed by atoms with Crippen molar-refractivity contribution in [2.45, 2.75) is 138 Å². The van der Waals surface area contributed by atoms with Crippen LogP contribution < -0.4 is 16.4 Å². The zero-order valence-electron chi connectivity index (χ0n) is 35.0. The molecule has 19 heteroatoms. The average molecular weight is 816 g/mol. The lowest BCUT2D eigenvalue weighted by molar-refractivity contribution is -0.192. The summed E-state index contributed by atoms with van der Waals surface area (Å²) in [6.07, 6.45) is 1.54. The monoisotopic (exact) mass is 815 g/mol. The van der Waals surface area contributed by atoms with Gasteiger partial charge in [-0.15, -0.1) is 0 Å². The van der Waals surface area contributed by atoms with Gasteiger partial charge in [0, 0.05) is 24.6 Å². The van der Waals surface area contributed by atoms with E-state index in [1.807, 2.05) is 13.8 Å². The number of carboxylic acid groups (broad SMARTS) is 2. The van der Waals surface area contributed by atoms with E-state index in [1.54, 1.807) is 60.6 Å². The van der Waals surface area contributed by atoms with E-state index in [-0.39, 0.29) is 30.1 Å². The predicted octanol–water partition coefficient (Wildman–Crippen LogP) is 5.96. The molecule has 0 unspecified atom stereocenters. The Morgan fingerprint density at radius 1 is 0.661 bits per heavy atom. The third-order valence-electron chi connectivity index (χ3n) is 5.93. The minimum Gasteiger partial charge on any atom is -0.480 e. The summed E-state index contributed by atoms with van der Waals surface area (Å²) in [5.74, 6) is -3.93. The number of rotatable bonds is 14. The molecule has 0 aromatic heterocycles. The molecule has 0 fully saturated rings. The molecule has 0 aromatic carbocycles. The summed E-state index contributed by atoms with van der Waals surface area (Å²) in [7, 11) is 2.66. The summed E-state index contributed by atoms with van der Waals surface area (Å²) in [5.41, 5.74) is 4.46. The van der Waals surface area contributed by atoms with Gasteiger partial charge < -0.3 is 45.5 Å². The number of amides is 2. The molecule has 0 saturated heterocycles. The third-order valence-corrected chi connectivity index (χ3v) is 5.93. The van der Waals surface area contributed by atoms with Crippen LogP contribution in [0.1, 0.15) is 102 Å². The molecule has 0 rings (SSSR count). The fraction of sp³-hybridized carbons (Fsp3) is 0.703. The van der Waals surface area contributed by atoms with Gasteiger partial charge in [0.2, 0.25) is 0 Å². The van der Waals surface area contributed by atoms with Crippen molar-refractivity contribution in [1.29, 1.82) is 0 Å². The molecule has 0 aliphatic carbocycles. The summed E-state index contributed by atoms with van der Waals surface area (Å²) in [4.78, 5) is 76.1. The highest BCUT2D eigenvalue weighted by Gasteiger charge is 2.38. The quantitative estimate of drug-likeness (QED) is 0.0772. The van der Waals surface area contributed by atoms with Gasteiger partial charge >= 0.3 is 42.2 Å². The lowest BCUT2D eigenvalue weighted by atomic mass is 9.90. The van der Waals surface area contributed by atoms with Gasteiger partial charge in [-0.05, 0) is 86.0 Å². The molecule has 4 atom stereocenters. The molecule has 0 aromatic rings. The molecule has 0 aliphatic rings. The smallest absolute Gasteiger partial charge is 0.480 e. The highest BCUT2D eigenvalue weighted by Crippen LogP contribution is 2.19. The van der Waals surface area contributed by atoms with Crippen LogP contribution in [0.3, 0.4) is 0 Å². The van der Waals surface area contributed by atoms with Crippen LogP contribution in [0, 0.1) is 17.8 Å². The maximum atomic E-state index is 12.3. The highest BCUT2D eigenvalue weighted by atomic mass is 19.4. The molecule has 0 bridgehead atoms. The SMILES string of the molecule is COC(=O)/C=C/[C@@H](CC(=O)[C@H](C)NC(=O)OC(C)(C)C)CC(C)C.COC(=O)/C=C/[C@@H](N)CC(C)C.C[C@H](NC(=O)OC(C)(C)C)C(=O)O.O=C(O)C(F)(F)F. The van der Waals surface area contributed by atoms with Crippen LogP contribution in [0.4, 0.5) is 22.8 Å². The fourth-order valence-corrected chi connectivity index (χ4v) is 3.56. The molecule has 0 spiro atoms. The minimum absolute atomic E-state index is 0.0518. The summed E-state index contributed by atoms with van der Waals surface area (Å²) < 4.78 is 50.7. The molecule has 0 radical (unpaired) electrons. The van der Waals surface area contributed by atoms with Gasteiger partial charge in [-0.25, -0.2) is 24.0 Å². The Bertz CT molecular complexity index is 1290. The lowest BCUT2D eigenvalue weighted by Gasteiger charge is -2.22. The van der Waals surface area contributed by atoms with Gasteiger partial charge in [-0.2, -0.15) is 13.2 Å². The van der Waals surface area contributed by atoms with Crippen molar-refractivity contribution in [2.75, 3.05) is 14.2 Å². The number of aliphatic carboxylic acids is 2. The van der Waals surface area contributed by atoms with Crippen molar-refractivity contribution in [2.24, 2.45) is 23.5 Å². The van der Waals surface area contributed by atoms with E-state index < -0.39 is 59.6 Å². The molecule has 2 amide bonds. The summed E-state index contributed by atoms with van der Waals surface area (Å²) in [6, 6.07) is -1.64. The number of methoxy groups -OCH3 is 2. The molecule has 0 heterocycles. The number of carbonyl (C=O) groups excluding carboxylic acids is 5. The molecule has 326 valence electrons. The number of halogens is 3. The van der Waals surface area contributed by atoms with Gasteiger partial charge in [-0.1, -0.05) is 39.8 Å². The molecule has 56 heavy (non-hydrogen) atoms. The second kappa shape index (κ2) is 28.7. The van der Waals surface area contributed by atoms with Crippen LogP contribution >= 0.6 is 0 Å². The van der Waals surface area contributed by atoms with E-state index >= 15 is 0 Å². The number of nitrogens with one attached hydrogen (secondary N) is 2. The van der Waals surface area contributed by atoms with Gasteiger partial charge in [0.05, 0.1) is 20.3 Å². The number of alkyl halides is 3. The van der Waals surface area contributed by atoms with Crippen molar-refractivity contribution in [3.8, 4) is 0 Å². The summed E-state index contributed by atoms with van der Waals surface area (Å²) >= 11 is 0. The number of nitrogens with two attached hydrogens (primary N) is 1. The van der Waals surface area contributed by atoms with Crippen LogP contribution in [-0.4, -0.2) is 102 Å². The third kappa shape index (κ3) is 40.5. The highest BCUT2D eigenvalue weighted by molar-refractivity contribution is 5.87. The number of hydrogen-bond donors (Lipinski definition) is 5. The van der Waals surface area contributed by atoms with E-state index in [0.717, 1.165) is 12.8 Å². The molecule has 0 saturated carbocycles. The van der Waals surface area contributed by atoms with Crippen molar-refractivity contribution in [3.63, 3.8) is 0 Å². The Labute approximate surface area is 328 Å². The standard InChI is InChI=1S/C18H31NO5.C9H17NO2.C8H15NO4.C2HF3O2/c1-12(2)10-14(8-9-16(21)23-7)11-15(20)13(3)19-17(22)24-18(4,5)6;1-7(2)6-8(10)4-5-9(11)12-3;1-5(6(10)11)9-7(12)13-8(2,3)4;3-2(4,5)1(6)7/h8-9,12-14H,10-11H2,1-7H3,(H,19,22);4-5,7-8H,6,10H2,1-3H3;5H,1-4H3,(H,9,12)(H,10,11);(H,6,7)/b9-8+;5-4+;;/t13-,14+;8-;5-;/m010./s1. The lowest BCUT2D eigenvalue weighted by Crippen LogP contribution is -2.42. The molecule has 6 N–H and O–H groups in total. The molecule has 0 aliphatic heterocycles. The number of ether oxygens (including phenoxy) is 4. The number of carbonyl (C=O) groups is 7. The van der Waals surface area contributed by atoms with Crippen molar-refractivity contribution < 1.29 is 75.9 Å². The second-order valence-electron chi connectivity index (χ2n) is 15.0. The van der Waals surface area contributed by atoms with Crippen molar-refractivity contribution >= 4 is 41.8 Å². The summed E-state index contributed by atoms with van der Waals surface area (Å²) in [5, 5.41) is 20.3. The number of esters is 2. The Balaban J connectivity index is -0.000000356. The number of ketones is 1. The first-order valence-electron chi connectivity index (χ1n) is 17.5. The van der Waals surface area contributed by atoms with Crippen LogP contribution in [0.15, 0.2) is 24.3 Å². The van der Waals surface area contributed by atoms with E-state index in [0.29, 0.717) is 11.8 Å². The molecule has 16 nitrogen and oxygen atoms in total. The van der Waals surface area contributed by atoms with Gasteiger partial charge in [0.1, 0.15) is 17.2 Å². The maximum Gasteiger partial charge on any atom is 0.490 e. The van der Waals surface area contributed by atoms with Crippen LogP contribution in [0.5, 0.6) is 0 Å². The fourth-order valence-electron chi connectivity index (χ4n) is 3.56. The van der Waals surface area contributed by atoms with Crippen LogP contribution in [0.25, 0.3) is 0 Å². The number of carboxylic acids is 2. The first kappa shape index (κ1) is 58.0. The predicted molar refractivity (Wildman–Crippen MR) is 201 cm³/mol. The zero-order valence-corrected chi connectivity index (χ0v) is 35.0. The minimum atomic E-state index is -5.08. The van der Waals surface area contributed by atoms with Crippen LogP contribution in [0.2, 0.25) is 0 Å². The largest absolute Gasteiger partial charge is 0.490 e. The van der Waals surface area contributed by atoms with E-state index in [2.05, 4.69) is 34.0 Å². The Morgan fingerprint density at radius 3 is 1.32 bits per heavy atom. The Kier molecular flexibility index (Phi) is 29.7.